The number of carbonyl (C=O) groups excluding carboxylic acids is 3. The van der Waals surface area contributed by atoms with Crippen molar-refractivity contribution in [2.24, 2.45) is 5.92 Å². The van der Waals surface area contributed by atoms with Crippen molar-refractivity contribution in [3.05, 3.63) is 59.9 Å². The number of unbranched alkanes of at least 4 members (excludes halogenated alkanes) is 1. The molecule has 1 aliphatic heterocycles. The van der Waals surface area contributed by atoms with Gasteiger partial charge in [-0.15, -0.1) is 0 Å². The monoisotopic (exact) mass is 412 g/mol. The fourth-order valence-electron chi connectivity index (χ4n) is 3.32. The number of hydrogen-bond acceptors (Lipinski definition) is 4. The Morgan fingerprint density at radius 3 is 2.50 bits per heavy atom. The van der Waals surface area contributed by atoms with Crippen molar-refractivity contribution in [2.75, 3.05) is 23.4 Å². The third-order valence-corrected chi connectivity index (χ3v) is 5.00. The summed E-state index contributed by atoms with van der Waals surface area (Å²) in [6.45, 7) is 1.90. The second-order valence-electron chi connectivity index (χ2n) is 7.34. The SMILES string of the molecule is CCCCc1ccc(N2C[C@@H](C(=O)OCC(=O)Nc3ccc(F)cc3)CC2=O)cc1. The van der Waals surface area contributed by atoms with Crippen LogP contribution in [-0.4, -0.2) is 30.9 Å². The van der Waals surface area contributed by atoms with Crippen LogP contribution in [0.2, 0.25) is 0 Å². The van der Waals surface area contributed by atoms with Gasteiger partial charge in [-0.05, 0) is 54.8 Å². The van der Waals surface area contributed by atoms with Crippen LogP contribution in [0.3, 0.4) is 0 Å². The van der Waals surface area contributed by atoms with Gasteiger partial charge in [0, 0.05) is 24.3 Å². The van der Waals surface area contributed by atoms with Gasteiger partial charge in [0.1, 0.15) is 5.82 Å². The maximum Gasteiger partial charge on any atom is 0.311 e. The van der Waals surface area contributed by atoms with E-state index in [1.54, 1.807) is 4.90 Å². The summed E-state index contributed by atoms with van der Waals surface area (Å²) in [7, 11) is 0. The molecule has 7 heteroatoms. The number of rotatable bonds is 8. The number of esters is 1. The van der Waals surface area contributed by atoms with Crippen molar-refractivity contribution in [1.29, 1.82) is 0 Å². The first-order valence-electron chi connectivity index (χ1n) is 10.1. The topological polar surface area (TPSA) is 75.7 Å². The first kappa shape index (κ1) is 21.5. The van der Waals surface area contributed by atoms with Crippen LogP contribution in [0.5, 0.6) is 0 Å². The summed E-state index contributed by atoms with van der Waals surface area (Å²) < 4.78 is 18.0. The molecular formula is C23H25FN2O4. The van der Waals surface area contributed by atoms with Gasteiger partial charge in [-0.2, -0.15) is 0 Å². The first-order chi connectivity index (χ1) is 14.5. The molecule has 158 valence electrons. The molecule has 2 amide bonds. The number of carbonyl (C=O) groups is 3. The molecule has 0 saturated carbocycles. The fourth-order valence-corrected chi connectivity index (χ4v) is 3.32. The minimum atomic E-state index is -0.615. The zero-order chi connectivity index (χ0) is 21.5. The molecule has 1 fully saturated rings. The minimum absolute atomic E-state index is 0.0516. The van der Waals surface area contributed by atoms with Gasteiger partial charge in [0.05, 0.1) is 5.92 Å². The van der Waals surface area contributed by atoms with Crippen molar-refractivity contribution >= 4 is 29.2 Å². The summed E-state index contributed by atoms with van der Waals surface area (Å²) in [6, 6.07) is 13.1. The van der Waals surface area contributed by atoms with Crippen LogP contribution in [0.4, 0.5) is 15.8 Å². The molecule has 1 N–H and O–H groups in total. The molecule has 0 bridgehead atoms. The van der Waals surface area contributed by atoms with Crippen LogP contribution in [0.25, 0.3) is 0 Å². The molecule has 30 heavy (non-hydrogen) atoms. The summed E-state index contributed by atoms with van der Waals surface area (Å²) >= 11 is 0. The highest BCUT2D eigenvalue weighted by Crippen LogP contribution is 2.26. The van der Waals surface area contributed by atoms with Crippen LogP contribution >= 0.6 is 0 Å². The first-order valence-corrected chi connectivity index (χ1v) is 10.1. The average molecular weight is 412 g/mol. The normalized spacial score (nSPS) is 15.9. The molecule has 1 aliphatic rings. The molecule has 6 nitrogen and oxygen atoms in total. The second-order valence-corrected chi connectivity index (χ2v) is 7.34. The number of amides is 2. The number of halogens is 1. The molecule has 0 aliphatic carbocycles. The van der Waals surface area contributed by atoms with Gasteiger partial charge in [0.25, 0.3) is 5.91 Å². The minimum Gasteiger partial charge on any atom is -0.455 e. The van der Waals surface area contributed by atoms with E-state index in [2.05, 4.69) is 12.2 Å². The molecule has 0 aromatic heterocycles. The van der Waals surface area contributed by atoms with E-state index < -0.39 is 30.2 Å². The summed E-state index contributed by atoms with van der Waals surface area (Å²) in [5.74, 6) is -2.28. The van der Waals surface area contributed by atoms with Gasteiger partial charge in [0.15, 0.2) is 6.61 Å². The van der Waals surface area contributed by atoms with E-state index in [1.165, 1.54) is 29.8 Å². The lowest BCUT2D eigenvalue weighted by Crippen LogP contribution is -2.28. The highest BCUT2D eigenvalue weighted by molar-refractivity contribution is 6.00. The van der Waals surface area contributed by atoms with E-state index in [4.69, 9.17) is 4.74 Å². The molecule has 1 saturated heterocycles. The molecule has 0 radical (unpaired) electrons. The van der Waals surface area contributed by atoms with Gasteiger partial charge in [-0.3, -0.25) is 14.4 Å². The molecule has 0 unspecified atom stereocenters. The van der Waals surface area contributed by atoms with Gasteiger partial charge < -0.3 is 15.0 Å². The van der Waals surface area contributed by atoms with Crippen LogP contribution in [0, 0.1) is 11.7 Å². The summed E-state index contributed by atoms with van der Waals surface area (Å²) in [6.07, 6.45) is 3.29. The molecule has 1 atom stereocenters. The van der Waals surface area contributed by atoms with Crippen LogP contribution in [-0.2, 0) is 25.5 Å². The molecule has 0 spiro atoms. The predicted molar refractivity (Wildman–Crippen MR) is 112 cm³/mol. The zero-order valence-corrected chi connectivity index (χ0v) is 16.9. The fraction of sp³-hybridized carbons (Fsp3) is 0.348. The third-order valence-electron chi connectivity index (χ3n) is 5.00. The number of aryl methyl sites for hydroxylation is 1. The highest BCUT2D eigenvalue weighted by Gasteiger charge is 2.36. The van der Waals surface area contributed by atoms with Crippen molar-refractivity contribution in [2.45, 2.75) is 32.6 Å². The molecule has 3 rings (SSSR count). The Morgan fingerprint density at radius 2 is 1.83 bits per heavy atom. The van der Waals surface area contributed by atoms with E-state index in [9.17, 15) is 18.8 Å². The lowest BCUT2D eigenvalue weighted by Gasteiger charge is -2.17. The predicted octanol–water partition coefficient (Wildman–Crippen LogP) is 3.70. The summed E-state index contributed by atoms with van der Waals surface area (Å²) in [5.41, 5.74) is 2.38. The number of ether oxygens (including phenoxy) is 1. The highest BCUT2D eigenvalue weighted by atomic mass is 19.1. The van der Waals surface area contributed by atoms with Crippen LogP contribution < -0.4 is 10.2 Å². The average Bonchev–Trinajstić information content (AvgIpc) is 3.14. The van der Waals surface area contributed by atoms with Gasteiger partial charge in [-0.1, -0.05) is 25.5 Å². The van der Waals surface area contributed by atoms with E-state index in [-0.39, 0.29) is 18.9 Å². The van der Waals surface area contributed by atoms with Crippen LogP contribution in [0.1, 0.15) is 31.7 Å². The Hall–Kier alpha value is -3.22. The summed E-state index contributed by atoms with van der Waals surface area (Å²) in [5, 5.41) is 2.52. The van der Waals surface area contributed by atoms with Crippen LogP contribution in [0.15, 0.2) is 48.5 Å². The molecule has 2 aromatic rings. The molecule has 1 heterocycles. The number of benzene rings is 2. The maximum absolute atomic E-state index is 12.9. The Labute approximate surface area is 175 Å². The van der Waals surface area contributed by atoms with Gasteiger partial charge in [-0.25, -0.2) is 4.39 Å². The third kappa shape index (κ3) is 5.65. The Balaban J connectivity index is 1.49. The van der Waals surface area contributed by atoms with Crippen molar-refractivity contribution in [3.63, 3.8) is 0 Å². The smallest absolute Gasteiger partial charge is 0.311 e. The Bertz CT molecular complexity index is 896. The quantitative estimate of drug-likeness (QED) is 0.671. The largest absolute Gasteiger partial charge is 0.455 e. The summed E-state index contributed by atoms with van der Waals surface area (Å²) in [4.78, 5) is 38.2. The van der Waals surface area contributed by atoms with Crippen molar-refractivity contribution in [1.82, 2.24) is 0 Å². The second kappa shape index (κ2) is 10.0. The number of hydrogen-bond donors (Lipinski definition) is 1. The van der Waals surface area contributed by atoms with Gasteiger partial charge >= 0.3 is 5.97 Å². The maximum atomic E-state index is 12.9. The lowest BCUT2D eigenvalue weighted by atomic mass is 10.1. The van der Waals surface area contributed by atoms with E-state index in [0.29, 0.717) is 5.69 Å². The number of nitrogens with zero attached hydrogens (tertiary/aromatic N) is 1. The van der Waals surface area contributed by atoms with Gasteiger partial charge in [0.2, 0.25) is 5.91 Å². The molecule has 2 aromatic carbocycles. The number of anilines is 2. The van der Waals surface area contributed by atoms with E-state index in [1.807, 2.05) is 24.3 Å². The number of nitrogens with one attached hydrogen (secondary N) is 1. The van der Waals surface area contributed by atoms with Crippen molar-refractivity contribution < 1.29 is 23.5 Å². The Morgan fingerprint density at radius 1 is 1.13 bits per heavy atom. The van der Waals surface area contributed by atoms with Crippen molar-refractivity contribution in [3.8, 4) is 0 Å². The standard InChI is InChI=1S/C23H25FN2O4/c1-2-3-4-16-5-11-20(12-6-16)26-14-17(13-22(26)28)23(29)30-15-21(27)25-19-9-7-18(24)8-10-19/h5-12,17H,2-4,13-15H2,1H3,(H,25,27)/t17-/m0/s1. The zero-order valence-electron chi connectivity index (χ0n) is 16.9. The molecular weight excluding hydrogens is 387 g/mol. The van der Waals surface area contributed by atoms with E-state index >= 15 is 0 Å². The lowest BCUT2D eigenvalue weighted by molar-refractivity contribution is -0.151. The van der Waals surface area contributed by atoms with E-state index in [0.717, 1.165) is 24.9 Å². The Kier molecular flexibility index (Phi) is 7.17.